The SMILES string of the molecule is O=C(O)c1ccc(C(=O)NCCCC2CCCCC2)o1. The van der Waals surface area contributed by atoms with Gasteiger partial charge in [-0.1, -0.05) is 32.1 Å². The largest absolute Gasteiger partial charge is 0.475 e. The molecule has 1 saturated carbocycles. The van der Waals surface area contributed by atoms with Crippen LogP contribution in [0.1, 0.15) is 66.1 Å². The molecule has 5 nitrogen and oxygen atoms in total. The smallest absolute Gasteiger partial charge is 0.371 e. The molecule has 5 heteroatoms. The van der Waals surface area contributed by atoms with E-state index in [1.54, 1.807) is 0 Å². The van der Waals surface area contributed by atoms with E-state index in [1.165, 1.54) is 44.2 Å². The lowest BCUT2D eigenvalue weighted by molar-refractivity contribution is 0.0659. The van der Waals surface area contributed by atoms with E-state index in [4.69, 9.17) is 9.52 Å². The monoisotopic (exact) mass is 279 g/mol. The summed E-state index contributed by atoms with van der Waals surface area (Å²) in [5, 5.41) is 11.5. The van der Waals surface area contributed by atoms with Crippen LogP contribution in [0.5, 0.6) is 0 Å². The van der Waals surface area contributed by atoms with E-state index >= 15 is 0 Å². The maximum Gasteiger partial charge on any atom is 0.371 e. The van der Waals surface area contributed by atoms with Crippen molar-refractivity contribution in [1.29, 1.82) is 0 Å². The van der Waals surface area contributed by atoms with Gasteiger partial charge in [0.25, 0.3) is 5.91 Å². The van der Waals surface area contributed by atoms with Crippen LogP contribution in [-0.4, -0.2) is 23.5 Å². The predicted molar refractivity (Wildman–Crippen MR) is 73.8 cm³/mol. The summed E-state index contributed by atoms with van der Waals surface area (Å²) < 4.78 is 4.94. The Morgan fingerprint density at radius 1 is 1.20 bits per heavy atom. The van der Waals surface area contributed by atoms with Gasteiger partial charge in [-0.05, 0) is 30.9 Å². The standard InChI is InChI=1S/C15H21NO4/c17-14(12-8-9-13(20-12)15(18)19)16-10-4-7-11-5-2-1-3-6-11/h8-9,11H,1-7,10H2,(H,16,17)(H,18,19). The van der Waals surface area contributed by atoms with Crippen molar-refractivity contribution in [2.75, 3.05) is 6.54 Å². The van der Waals surface area contributed by atoms with Gasteiger partial charge in [0.15, 0.2) is 5.76 Å². The molecular weight excluding hydrogens is 258 g/mol. The molecule has 1 heterocycles. The van der Waals surface area contributed by atoms with Crippen LogP contribution in [0.25, 0.3) is 0 Å². The van der Waals surface area contributed by atoms with Gasteiger partial charge in [-0.2, -0.15) is 0 Å². The highest BCUT2D eigenvalue weighted by atomic mass is 16.4. The highest BCUT2D eigenvalue weighted by Gasteiger charge is 2.15. The average Bonchev–Trinajstić information content (AvgIpc) is 2.94. The number of nitrogens with one attached hydrogen (secondary N) is 1. The first kappa shape index (κ1) is 14.6. The number of carbonyl (C=O) groups excluding carboxylic acids is 1. The fourth-order valence-electron chi connectivity index (χ4n) is 2.73. The molecule has 0 atom stereocenters. The lowest BCUT2D eigenvalue weighted by Gasteiger charge is -2.21. The third kappa shape index (κ3) is 4.11. The second kappa shape index (κ2) is 7.12. The lowest BCUT2D eigenvalue weighted by Crippen LogP contribution is -2.24. The van der Waals surface area contributed by atoms with E-state index in [0.29, 0.717) is 6.54 Å². The van der Waals surface area contributed by atoms with Gasteiger partial charge in [0.1, 0.15) is 0 Å². The topological polar surface area (TPSA) is 79.5 Å². The van der Waals surface area contributed by atoms with Crippen LogP contribution in [0.3, 0.4) is 0 Å². The molecule has 0 saturated heterocycles. The molecule has 0 unspecified atom stereocenters. The molecule has 0 bridgehead atoms. The van der Waals surface area contributed by atoms with Crippen LogP contribution in [0.2, 0.25) is 0 Å². The van der Waals surface area contributed by atoms with Crippen molar-refractivity contribution < 1.29 is 19.1 Å². The Morgan fingerprint density at radius 2 is 1.90 bits per heavy atom. The summed E-state index contributed by atoms with van der Waals surface area (Å²) in [6.07, 6.45) is 8.77. The second-order valence-corrected chi connectivity index (χ2v) is 5.37. The summed E-state index contributed by atoms with van der Waals surface area (Å²) in [4.78, 5) is 22.4. The maximum absolute atomic E-state index is 11.7. The fourth-order valence-corrected chi connectivity index (χ4v) is 2.73. The van der Waals surface area contributed by atoms with Crippen molar-refractivity contribution in [2.24, 2.45) is 5.92 Å². The van der Waals surface area contributed by atoms with Gasteiger partial charge in [0.05, 0.1) is 0 Å². The summed E-state index contributed by atoms with van der Waals surface area (Å²) in [7, 11) is 0. The van der Waals surface area contributed by atoms with E-state index in [2.05, 4.69) is 5.32 Å². The maximum atomic E-state index is 11.7. The van der Waals surface area contributed by atoms with Crippen molar-refractivity contribution in [2.45, 2.75) is 44.9 Å². The van der Waals surface area contributed by atoms with Gasteiger partial charge in [0, 0.05) is 6.54 Å². The molecule has 1 aliphatic carbocycles. The Labute approximate surface area is 118 Å². The fraction of sp³-hybridized carbons (Fsp3) is 0.600. The van der Waals surface area contributed by atoms with E-state index in [1.807, 2.05) is 0 Å². The normalized spacial score (nSPS) is 16.0. The number of furan rings is 1. The Balaban J connectivity index is 1.67. The van der Waals surface area contributed by atoms with Crippen LogP contribution in [0.4, 0.5) is 0 Å². The molecule has 20 heavy (non-hydrogen) atoms. The number of aromatic carboxylic acids is 1. The molecule has 1 aromatic heterocycles. The molecule has 110 valence electrons. The van der Waals surface area contributed by atoms with Crippen LogP contribution >= 0.6 is 0 Å². The first-order valence-corrected chi connectivity index (χ1v) is 7.28. The van der Waals surface area contributed by atoms with Crippen molar-refractivity contribution in [3.8, 4) is 0 Å². The molecule has 1 fully saturated rings. The third-order valence-electron chi connectivity index (χ3n) is 3.84. The molecular formula is C15H21NO4. The molecule has 1 aliphatic rings. The number of amides is 1. The van der Waals surface area contributed by atoms with E-state index < -0.39 is 5.97 Å². The van der Waals surface area contributed by atoms with Gasteiger partial charge >= 0.3 is 5.97 Å². The van der Waals surface area contributed by atoms with E-state index in [-0.39, 0.29) is 17.4 Å². The van der Waals surface area contributed by atoms with Gasteiger partial charge in [-0.25, -0.2) is 4.79 Å². The quantitative estimate of drug-likeness (QED) is 0.784. The van der Waals surface area contributed by atoms with Crippen LogP contribution in [0, 0.1) is 5.92 Å². The predicted octanol–water partition coefficient (Wildman–Crippen LogP) is 3.07. The number of carboxylic acid groups (broad SMARTS) is 1. The third-order valence-corrected chi connectivity index (χ3v) is 3.84. The number of rotatable bonds is 6. The lowest BCUT2D eigenvalue weighted by atomic mass is 9.86. The minimum atomic E-state index is -1.17. The Kier molecular flexibility index (Phi) is 5.21. The first-order chi connectivity index (χ1) is 9.66. The average molecular weight is 279 g/mol. The van der Waals surface area contributed by atoms with Gasteiger partial charge < -0.3 is 14.8 Å². The van der Waals surface area contributed by atoms with Crippen molar-refractivity contribution >= 4 is 11.9 Å². The molecule has 0 radical (unpaired) electrons. The summed E-state index contributed by atoms with van der Waals surface area (Å²) in [6.45, 7) is 0.610. The molecule has 1 aromatic rings. The van der Waals surface area contributed by atoms with Crippen LogP contribution < -0.4 is 5.32 Å². The summed E-state index contributed by atoms with van der Waals surface area (Å²) in [6, 6.07) is 2.68. The highest BCUT2D eigenvalue weighted by Crippen LogP contribution is 2.26. The number of hydrogen-bond donors (Lipinski definition) is 2. The summed E-state index contributed by atoms with van der Waals surface area (Å²) in [5.41, 5.74) is 0. The summed E-state index contributed by atoms with van der Waals surface area (Å²) >= 11 is 0. The van der Waals surface area contributed by atoms with E-state index in [0.717, 1.165) is 18.8 Å². The Bertz CT molecular complexity index is 460. The number of carboxylic acids is 1. The minimum absolute atomic E-state index is 0.0556. The van der Waals surface area contributed by atoms with Crippen LogP contribution in [-0.2, 0) is 0 Å². The molecule has 0 aromatic carbocycles. The number of carbonyl (C=O) groups is 2. The zero-order valence-electron chi connectivity index (χ0n) is 11.6. The molecule has 2 rings (SSSR count). The van der Waals surface area contributed by atoms with E-state index in [9.17, 15) is 9.59 Å². The van der Waals surface area contributed by atoms with Crippen molar-refractivity contribution in [3.63, 3.8) is 0 Å². The van der Waals surface area contributed by atoms with Gasteiger partial charge in [-0.3, -0.25) is 4.79 Å². The Morgan fingerprint density at radius 3 is 2.55 bits per heavy atom. The minimum Gasteiger partial charge on any atom is -0.475 e. The summed E-state index contributed by atoms with van der Waals surface area (Å²) in [5.74, 6) is -0.859. The molecule has 0 aliphatic heterocycles. The number of hydrogen-bond acceptors (Lipinski definition) is 3. The van der Waals surface area contributed by atoms with Crippen molar-refractivity contribution in [1.82, 2.24) is 5.32 Å². The zero-order valence-corrected chi connectivity index (χ0v) is 11.6. The molecule has 1 amide bonds. The second-order valence-electron chi connectivity index (χ2n) is 5.37. The van der Waals surface area contributed by atoms with Crippen molar-refractivity contribution in [3.05, 3.63) is 23.7 Å². The van der Waals surface area contributed by atoms with Gasteiger partial charge in [0.2, 0.25) is 5.76 Å². The zero-order chi connectivity index (χ0) is 14.4. The van der Waals surface area contributed by atoms with Crippen LogP contribution in [0.15, 0.2) is 16.5 Å². The molecule has 0 spiro atoms. The molecule has 2 N–H and O–H groups in total. The Hall–Kier alpha value is -1.78. The first-order valence-electron chi connectivity index (χ1n) is 7.28. The highest BCUT2D eigenvalue weighted by molar-refractivity contribution is 5.93. The van der Waals surface area contributed by atoms with Gasteiger partial charge in [-0.15, -0.1) is 0 Å².